The van der Waals surface area contributed by atoms with Crippen LogP contribution in [0.5, 0.6) is 0 Å². The average Bonchev–Trinajstić information content (AvgIpc) is 2.42. The highest BCUT2D eigenvalue weighted by molar-refractivity contribution is 9.10. The van der Waals surface area contributed by atoms with Crippen molar-refractivity contribution in [1.82, 2.24) is 0 Å². The average molecular weight is 321 g/mol. The normalized spacial score (nSPS) is 12.8. The minimum Gasteiger partial charge on any atom is -0.396 e. The molecule has 2 aromatic carbocycles. The standard InChI is InChI=1S/C17H21BrO/c1-13(5-3-2-4-10-19)14-6-7-16-12-17(18)9-8-15(16)11-14/h6-9,11-13,19H,2-5,10H2,1H3. The molecule has 0 bridgehead atoms. The summed E-state index contributed by atoms with van der Waals surface area (Å²) in [4.78, 5) is 0. The van der Waals surface area contributed by atoms with E-state index in [1.165, 1.54) is 29.2 Å². The molecule has 0 aliphatic carbocycles. The maximum absolute atomic E-state index is 8.79. The van der Waals surface area contributed by atoms with Crippen LogP contribution in [0.15, 0.2) is 40.9 Å². The van der Waals surface area contributed by atoms with Gasteiger partial charge in [-0.3, -0.25) is 0 Å². The summed E-state index contributed by atoms with van der Waals surface area (Å²) in [5, 5.41) is 11.4. The van der Waals surface area contributed by atoms with Crippen molar-refractivity contribution < 1.29 is 5.11 Å². The van der Waals surface area contributed by atoms with Crippen molar-refractivity contribution in [3.05, 3.63) is 46.4 Å². The zero-order chi connectivity index (χ0) is 13.7. The summed E-state index contributed by atoms with van der Waals surface area (Å²) in [7, 11) is 0. The quantitative estimate of drug-likeness (QED) is 0.720. The summed E-state index contributed by atoms with van der Waals surface area (Å²) < 4.78 is 1.13. The van der Waals surface area contributed by atoms with Crippen LogP contribution in [0, 0.1) is 0 Å². The predicted molar refractivity (Wildman–Crippen MR) is 85.6 cm³/mol. The molecule has 1 atom stereocenters. The molecule has 1 nitrogen and oxygen atoms in total. The lowest BCUT2D eigenvalue weighted by Gasteiger charge is -2.12. The zero-order valence-corrected chi connectivity index (χ0v) is 13.0. The first kappa shape index (κ1) is 14.5. The van der Waals surface area contributed by atoms with Gasteiger partial charge in [-0.15, -0.1) is 0 Å². The second kappa shape index (κ2) is 7.06. The van der Waals surface area contributed by atoms with Crippen LogP contribution in [0.4, 0.5) is 0 Å². The van der Waals surface area contributed by atoms with E-state index < -0.39 is 0 Å². The molecule has 0 spiro atoms. The molecule has 0 fully saturated rings. The minimum absolute atomic E-state index is 0.319. The smallest absolute Gasteiger partial charge is 0.0431 e. The van der Waals surface area contributed by atoms with Gasteiger partial charge in [-0.1, -0.05) is 60.0 Å². The maximum Gasteiger partial charge on any atom is 0.0431 e. The van der Waals surface area contributed by atoms with Gasteiger partial charge in [0.05, 0.1) is 0 Å². The van der Waals surface area contributed by atoms with Crippen LogP contribution < -0.4 is 0 Å². The van der Waals surface area contributed by atoms with E-state index in [2.05, 4.69) is 59.3 Å². The van der Waals surface area contributed by atoms with Crippen LogP contribution in [0.1, 0.15) is 44.1 Å². The highest BCUT2D eigenvalue weighted by Gasteiger charge is 2.06. The summed E-state index contributed by atoms with van der Waals surface area (Å²) in [5.41, 5.74) is 1.42. The molecule has 19 heavy (non-hydrogen) atoms. The summed E-state index contributed by atoms with van der Waals surface area (Å²) >= 11 is 3.51. The number of unbranched alkanes of at least 4 members (excludes halogenated alkanes) is 2. The lowest BCUT2D eigenvalue weighted by Crippen LogP contribution is -1.94. The Morgan fingerprint density at radius 1 is 1.00 bits per heavy atom. The van der Waals surface area contributed by atoms with E-state index in [1.54, 1.807) is 0 Å². The molecule has 1 unspecified atom stereocenters. The van der Waals surface area contributed by atoms with E-state index in [9.17, 15) is 0 Å². The Balaban J connectivity index is 2.05. The number of hydrogen-bond donors (Lipinski definition) is 1. The van der Waals surface area contributed by atoms with Gasteiger partial charge in [-0.25, -0.2) is 0 Å². The fourth-order valence-corrected chi connectivity index (χ4v) is 2.83. The highest BCUT2D eigenvalue weighted by Crippen LogP contribution is 2.27. The van der Waals surface area contributed by atoms with Crippen LogP contribution in [0.2, 0.25) is 0 Å². The number of hydrogen-bond acceptors (Lipinski definition) is 1. The van der Waals surface area contributed by atoms with Gasteiger partial charge in [-0.2, -0.15) is 0 Å². The number of fused-ring (bicyclic) bond motifs is 1. The number of benzene rings is 2. The lowest BCUT2D eigenvalue weighted by atomic mass is 9.93. The van der Waals surface area contributed by atoms with Crippen LogP contribution in [-0.2, 0) is 0 Å². The third kappa shape index (κ3) is 4.05. The van der Waals surface area contributed by atoms with Crippen molar-refractivity contribution in [1.29, 1.82) is 0 Å². The maximum atomic E-state index is 8.79. The van der Waals surface area contributed by atoms with Gasteiger partial charge in [0.2, 0.25) is 0 Å². The molecule has 0 aliphatic rings. The van der Waals surface area contributed by atoms with Crippen molar-refractivity contribution in [2.45, 2.75) is 38.5 Å². The second-order valence-corrected chi connectivity index (χ2v) is 6.14. The van der Waals surface area contributed by atoms with Gasteiger partial charge in [-0.05, 0) is 47.2 Å². The van der Waals surface area contributed by atoms with Crippen molar-refractivity contribution >= 4 is 26.7 Å². The number of aliphatic hydroxyl groups excluding tert-OH is 1. The molecule has 0 amide bonds. The van der Waals surface area contributed by atoms with Gasteiger partial charge in [0.15, 0.2) is 0 Å². The van der Waals surface area contributed by atoms with Gasteiger partial charge in [0.25, 0.3) is 0 Å². The van der Waals surface area contributed by atoms with E-state index in [-0.39, 0.29) is 0 Å². The third-order valence-electron chi connectivity index (χ3n) is 3.69. The molecule has 2 rings (SSSR count). The topological polar surface area (TPSA) is 20.2 Å². The molecule has 2 aromatic rings. The van der Waals surface area contributed by atoms with E-state index in [0.29, 0.717) is 12.5 Å². The van der Waals surface area contributed by atoms with E-state index in [4.69, 9.17) is 5.11 Å². The minimum atomic E-state index is 0.319. The molecule has 102 valence electrons. The van der Waals surface area contributed by atoms with Crippen LogP contribution >= 0.6 is 15.9 Å². The first-order valence-electron chi connectivity index (χ1n) is 7.01. The van der Waals surface area contributed by atoms with Crippen molar-refractivity contribution in [3.63, 3.8) is 0 Å². The third-order valence-corrected chi connectivity index (χ3v) is 4.18. The first-order chi connectivity index (χ1) is 9.20. The summed E-state index contributed by atoms with van der Waals surface area (Å²) in [6.45, 7) is 2.61. The van der Waals surface area contributed by atoms with E-state index in [0.717, 1.165) is 17.3 Å². The zero-order valence-electron chi connectivity index (χ0n) is 11.4. The summed E-state index contributed by atoms with van der Waals surface area (Å²) in [5.74, 6) is 0.590. The van der Waals surface area contributed by atoms with Gasteiger partial charge in [0, 0.05) is 11.1 Å². The highest BCUT2D eigenvalue weighted by atomic mass is 79.9. The van der Waals surface area contributed by atoms with Gasteiger partial charge >= 0.3 is 0 Å². The number of halogens is 1. The molecule has 0 saturated carbocycles. The predicted octanol–water partition coefficient (Wildman–Crippen LogP) is 5.26. The molecule has 0 heterocycles. The molecular weight excluding hydrogens is 300 g/mol. The Labute approximate surface area is 123 Å². The second-order valence-electron chi connectivity index (χ2n) is 5.22. The van der Waals surface area contributed by atoms with Crippen molar-refractivity contribution in [2.75, 3.05) is 6.61 Å². The molecule has 0 radical (unpaired) electrons. The molecule has 0 saturated heterocycles. The van der Waals surface area contributed by atoms with Crippen LogP contribution in [0.25, 0.3) is 10.8 Å². The molecular formula is C17H21BrO. The number of rotatable bonds is 6. The van der Waals surface area contributed by atoms with E-state index >= 15 is 0 Å². The molecule has 0 aromatic heterocycles. The SMILES string of the molecule is CC(CCCCCO)c1ccc2cc(Br)ccc2c1. The summed E-state index contributed by atoms with van der Waals surface area (Å²) in [6, 6.07) is 13.2. The van der Waals surface area contributed by atoms with Crippen molar-refractivity contribution in [2.24, 2.45) is 0 Å². The number of aliphatic hydroxyl groups is 1. The lowest BCUT2D eigenvalue weighted by molar-refractivity contribution is 0.282. The van der Waals surface area contributed by atoms with Crippen molar-refractivity contribution in [3.8, 4) is 0 Å². The molecule has 0 aliphatic heterocycles. The van der Waals surface area contributed by atoms with Gasteiger partial charge < -0.3 is 5.11 Å². The van der Waals surface area contributed by atoms with Gasteiger partial charge in [0.1, 0.15) is 0 Å². The molecule has 2 heteroatoms. The monoisotopic (exact) mass is 320 g/mol. The van der Waals surface area contributed by atoms with E-state index in [1.807, 2.05) is 0 Å². The van der Waals surface area contributed by atoms with Crippen LogP contribution in [-0.4, -0.2) is 11.7 Å². The summed E-state index contributed by atoms with van der Waals surface area (Å²) in [6.07, 6.45) is 4.45. The first-order valence-corrected chi connectivity index (χ1v) is 7.80. The Morgan fingerprint density at radius 2 is 1.74 bits per heavy atom. The Hall–Kier alpha value is -0.860. The largest absolute Gasteiger partial charge is 0.396 e. The van der Waals surface area contributed by atoms with Crippen LogP contribution in [0.3, 0.4) is 0 Å². The fraction of sp³-hybridized carbons (Fsp3) is 0.412. The molecule has 1 N–H and O–H groups in total. The Bertz CT molecular complexity index is 536. The Kier molecular flexibility index (Phi) is 5.41. The fourth-order valence-electron chi connectivity index (χ4n) is 2.45. The Morgan fingerprint density at radius 3 is 2.53 bits per heavy atom.